The van der Waals surface area contributed by atoms with E-state index in [9.17, 15) is 9.90 Å². The summed E-state index contributed by atoms with van der Waals surface area (Å²) in [7, 11) is 1.73. The highest BCUT2D eigenvalue weighted by Crippen LogP contribution is 2.19. The second kappa shape index (κ2) is 6.08. The molecule has 0 aromatic rings. The van der Waals surface area contributed by atoms with Crippen LogP contribution in [0.25, 0.3) is 0 Å². The first-order valence-electron chi connectivity index (χ1n) is 5.38. The number of amidine groups is 1. The number of hydrogen-bond acceptors (Lipinski definition) is 4. The maximum absolute atomic E-state index is 11.0. The summed E-state index contributed by atoms with van der Waals surface area (Å²) in [5.41, 5.74) is 5.30. The van der Waals surface area contributed by atoms with Crippen molar-refractivity contribution < 1.29 is 9.90 Å². The second-order valence-electron chi connectivity index (χ2n) is 4.01. The topological polar surface area (TPSA) is 78.9 Å². The summed E-state index contributed by atoms with van der Waals surface area (Å²) in [5.74, 6) is -0.321. The predicted molar refractivity (Wildman–Crippen MR) is 69.7 cm³/mol. The fourth-order valence-corrected chi connectivity index (χ4v) is 1.27. The molecule has 96 valence electrons. The number of aliphatic hydroxyl groups is 1. The molecule has 0 radical (unpaired) electrons. The van der Waals surface area contributed by atoms with Gasteiger partial charge in [0.1, 0.15) is 5.84 Å². The number of allylic oxidation sites excluding steroid dienone is 1. The van der Waals surface area contributed by atoms with Gasteiger partial charge in [-0.05, 0) is 13.3 Å². The number of carbonyl (C=O) groups excluding carboxylic acids is 1. The molecule has 0 bridgehead atoms. The molecule has 5 heteroatoms. The summed E-state index contributed by atoms with van der Waals surface area (Å²) in [6.07, 6.45) is 3.40. The molecule has 0 saturated heterocycles. The lowest BCUT2D eigenvalue weighted by Crippen LogP contribution is -2.51. The van der Waals surface area contributed by atoms with Gasteiger partial charge in [0, 0.05) is 26.4 Å². The molecule has 0 aliphatic rings. The Morgan fingerprint density at radius 1 is 1.65 bits per heavy atom. The Hall–Kier alpha value is -1.78. The maximum Gasteiger partial charge on any atom is 0.195 e. The van der Waals surface area contributed by atoms with Crippen molar-refractivity contribution in [2.45, 2.75) is 32.7 Å². The van der Waals surface area contributed by atoms with E-state index >= 15 is 0 Å². The zero-order valence-corrected chi connectivity index (χ0v) is 10.9. The van der Waals surface area contributed by atoms with Crippen molar-refractivity contribution in [1.82, 2.24) is 4.90 Å². The summed E-state index contributed by atoms with van der Waals surface area (Å²) in [5, 5.41) is 9.44. The summed E-state index contributed by atoms with van der Waals surface area (Å²) in [4.78, 5) is 16.6. The molecule has 1 unspecified atom stereocenters. The van der Waals surface area contributed by atoms with E-state index in [0.717, 1.165) is 0 Å². The number of ketones is 1. The fourth-order valence-electron chi connectivity index (χ4n) is 1.27. The minimum atomic E-state index is -0.572. The molecule has 0 amide bonds. The van der Waals surface area contributed by atoms with Gasteiger partial charge in [0.05, 0.1) is 5.54 Å². The van der Waals surface area contributed by atoms with Gasteiger partial charge in [0.25, 0.3) is 0 Å². The van der Waals surface area contributed by atoms with Crippen LogP contribution in [0.3, 0.4) is 0 Å². The number of hydrogen-bond donors (Lipinski definition) is 2. The van der Waals surface area contributed by atoms with Crippen LogP contribution in [0.15, 0.2) is 29.7 Å². The number of carbonyl (C=O) groups is 1. The minimum absolute atomic E-state index is 0.307. The Morgan fingerprint density at radius 3 is 2.53 bits per heavy atom. The van der Waals surface area contributed by atoms with Crippen molar-refractivity contribution in [1.29, 1.82) is 0 Å². The van der Waals surface area contributed by atoms with Gasteiger partial charge in [0.2, 0.25) is 0 Å². The van der Waals surface area contributed by atoms with Crippen LogP contribution in [-0.4, -0.2) is 34.2 Å². The van der Waals surface area contributed by atoms with E-state index < -0.39 is 11.3 Å². The van der Waals surface area contributed by atoms with Gasteiger partial charge < -0.3 is 15.7 Å². The monoisotopic (exact) mass is 239 g/mol. The van der Waals surface area contributed by atoms with E-state index in [1.807, 2.05) is 13.8 Å². The number of nitrogens with two attached hydrogens (primary N) is 1. The van der Waals surface area contributed by atoms with Crippen molar-refractivity contribution in [2.75, 3.05) is 7.05 Å². The van der Waals surface area contributed by atoms with E-state index in [-0.39, 0.29) is 5.76 Å². The Labute approximate surface area is 102 Å². The van der Waals surface area contributed by atoms with Crippen molar-refractivity contribution in [2.24, 2.45) is 10.7 Å². The number of aliphatic imine (C=N–C) groups is 1. The predicted octanol–water partition coefficient (Wildman–Crippen LogP) is 1.58. The molecule has 0 saturated carbocycles. The molecule has 17 heavy (non-hydrogen) atoms. The van der Waals surface area contributed by atoms with E-state index in [2.05, 4.69) is 11.6 Å². The Morgan fingerprint density at radius 2 is 2.18 bits per heavy atom. The molecule has 0 aromatic carbocycles. The van der Waals surface area contributed by atoms with Crippen molar-refractivity contribution in [3.8, 4) is 0 Å². The average molecular weight is 239 g/mol. The summed E-state index contributed by atoms with van der Waals surface area (Å²) < 4.78 is 0. The lowest BCUT2D eigenvalue weighted by molar-refractivity contribution is -0.116. The highest BCUT2D eigenvalue weighted by Gasteiger charge is 2.30. The largest absolute Gasteiger partial charge is 0.503 e. The van der Waals surface area contributed by atoms with E-state index in [1.54, 1.807) is 11.9 Å². The Kier molecular flexibility index (Phi) is 5.44. The third kappa shape index (κ3) is 3.62. The van der Waals surface area contributed by atoms with Crippen LogP contribution in [0.5, 0.6) is 0 Å². The van der Waals surface area contributed by atoms with Gasteiger partial charge in [-0.1, -0.05) is 13.5 Å². The highest BCUT2D eigenvalue weighted by molar-refractivity contribution is 5.92. The van der Waals surface area contributed by atoms with Crippen molar-refractivity contribution in [3.05, 3.63) is 24.7 Å². The SMILES string of the molecule is C=CN=C(N)C(C)(CC)N(C)/C=C(\O)C(C)=O. The smallest absolute Gasteiger partial charge is 0.195 e. The summed E-state index contributed by atoms with van der Waals surface area (Å²) in [6, 6.07) is 0. The van der Waals surface area contributed by atoms with Crippen LogP contribution in [0.4, 0.5) is 0 Å². The molecule has 0 aliphatic carbocycles. The first-order chi connectivity index (χ1) is 7.79. The summed E-state index contributed by atoms with van der Waals surface area (Å²) in [6.45, 7) is 8.61. The third-order valence-electron chi connectivity index (χ3n) is 2.93. The minimum Gasteiger partial charge on any atom is -0.503 e. The van der Waals surface area contributed by atoms with E-state index in [1.165, 1.54) is 19.3 Å². The first kappa shape index (κ1) is 15.2. The molecule has 5 nitrogen and oxygen atoms in total. The number of aliphatic hydroxyl groups excluding tert-OH is 1. The lowest BCUT2D eigenvalue weighted by Gasteiger charge is -2.36. The van der Waals surface area contributed by atoms with Gasteiger partial charge >= 0.3 is 0 Å². The number of rotatable bonds is 6. The van der Waals surface area contributed by atoms with Crippen LogP contribution in [-0.2, 0) is 4.79 Å². The quantitative estimate of drug-likeness (QED) is 0.319. The molecule has 1 atom stereocenters. The summed E-state index contributed by atoms with van der Waals surface area (Å²) >= 11 is 0. The molecule has 0 fully saturated rings. The van der Waals surface area contributed by atoms with E-state index in [4.69, 9.17) is 5.73 Å². The van der Waals surface area contributed by atoms with Crippen LogP contribution in [0, 0.1) is 0 Å². The zero-order valence-electron chi connectivity index (χ0n) is 10.9. The molecule has 0 aliphatic heterocycles. The number of likely N-dealkylation sites (N-methyl/N-ethyl adjacent to an activating group) is 1. The molecular weight excluding hydrogens is 218 g/mol. The van der Waals surface area contributed by atoms with Crippen molar-refractivity contribution in [3.63, 3.8) is 0 Å². The fraction of sp³-hybridized carbons (Fsp3) is 0.500. The maximum atomic E-state index is 11.0. The number of Topliss-reactive ketones (excluding diaryl/α,β-unsaturated/α-hetero) is 1. The van der Waals surface area contributed by atoms with Gasteiger partial charge in [-0.3, -0.25) is 4.79 Å². The number of nitrogens with zero attached hydrogens (tertiary/aromatic N) is 2. The third-order valence-corrected chi connectivity index (χ3v) is 2.93. The highest BCUT2D eigenvalue weighted by atomic mass is 16.3. The molecule has 0 heterocycles. The molecule has 3 N–H and O–H groups in total. The Balaban J connectivity index is 5.26. The van der Waals surface area contributed by atoms with Gasteiger partial charge in [0.15, 0.2) is 11.5 Å². The molecule has 0 rings (SSSR count). The van der Waals surface area contributed by atoms with Gasteiger partial charge in [-0.15, -0.1) is 0 Å². The first-order valence-corrected chi connectivity index (χ1v) is 5.38. The van der Waals surface area contributed by atoms with Crippen molar-refractivity contribution >= 4 is 11.6 Å². The standard InChI is InChI=1S/C12H21N3O2/c1-6-12(4,11(13)14-7-2)15(5)8-10(17)9(3)16/h7-8,17H,2,6H2,1,3-5H3,(H2,13,14)/b10-8-. The average Bonchev–Trinajstić information content (AvgIpc) is 2.27. The lowest BCUT2D eigenvalue weighted by atomic mass is 9.95. The molecule has 0 spiro atoms. The normalized spacial score (nSPS) is 16.2. The Bertz CT molecular complexity index is 361. The molecule has 0 aromatic heterocycles. The second-order valence-corrected chi connectivity index (χ2v) is 4.01. The van der Waals surface area contributed by atoms with Crippen LogP contribution in [0.2, 0.25) is 0 Å². The van der Waals surface area contributed by atoms with Crippen LogP contribution in [0.1, 0.15) is 27.2 Å². The van der Waals surface area contributed by atoms with Gasteiger partial charge in [-0.25, -0.2) is 4.99 Å². The molecular formula is C12H21N3O2. The zero-order chi connectivity index (χ0) is 13.6. The van der Waals surface area contributed by atoms with Crippen LogP contribution >= 0.6 is 0 Å². The van der Waals surface area contributed by atoms with E-state index in [0.29, 0.717) is 12.3 Å². The van der Waals surface area contributed by atoms with Gasteiger partial charge in [-0.2, -0.15) is 0 Å². The van der Waals surface area contributed by atoms with Crippen LogP contribution < -0.4 is 5.73 Å².